The summed E-state index contributed by atoms with van der Waals surface area (Å²) in [5.41, 5.74) is 3.34. The van der Waals surface area contributed by atoms with Crippen LogP contribution in [0.5, 0.6) is 0 Å². The van der Waals surface area contributed by atoms with E-state index in [1.165, 1.54) is 5.56 Å². The van der Waals surface area contributed by atoms with Crippen LogP contribution in [-0.4, -0.2) is 12.0 Å². The number of anilines is 1. The minimum absolute atomic E-state index is 1.00. The van der Waals surface area contributed by atoms with Gasteiger partial charge in [0.15, 0.2) is 0 Å². The Morgan fingerprint density at radius 2 is 2.14 bits per heavy atom. The van der Waals surface area contributed by atoms with Crippen molar-refractivity contribution >= 4 is 32.5 Å². The number of benzene rings is 1. The standard InChI is InChI=1S/C11H11BrN2/c1-7-5-8-10(13-2)3-4-14-11(8)9(12)6-7/h3-6H,1-2H3,(H,13,14). The number of nitrogens with zero attached hydrogens (tertiary/aromatic N) is 1. The van der Waals surface area contributed by atoms with Crippen LogP contribution < -0.4 is 5.32 Å². The van der Waals surface area contributed by atoms with Crippen LogP contribution in [0, 0.1) is 6.92 Å². The van der Waals surface area contributed by atoms with Crippen molar-refractivity contribution in [1.82, 2.24) is 4.98 Å². The normalized spacial score (nSPS) is 10.5. The first kappa shape index (κ1) is 9.46. The van der Waals surface area contributed by atoms with Crippen LogP contribution in [0.4, 0.5) is 5.69 Å². The average Bonchev–Trinajstić information content (AvgIpc) is 2.17. The quantitative estimate of drug-likeness (QED) is 0.840. The zero-order valence-corrected chi connectivity index (χ0v) is 9.72. The summed E-state index contributed by atoms with van der Waals surface area (Å²) in [7, 11) is 1.92. The van der Waals surface area contributed by atoms with E-state index in [0.717, 1.165) is 21.1 Å². The summed E-state index contributed by atoms with van der Waals surface area (Å²) in [6.07, 6.45) is 1.81. The van der Waals surface area contributed by atoms with Gasteiger partial charge in [-0.05, 0) is 46.6 Å². The van der Waals surface area contributed by atoms with Crippen molar-refractivity contribution in [2.75, 3.05) is 12.4 Å². The third kappa shape index (κ3) is 1.48. The molecule has 0 radical (unpaired) electrons. The maximum Gasteiger partial charge on any atom is 0.0864 e. The highest BCUT2D eigenvalue weighted by atomic mass is 79.9. The predicted molar refractivity (Wildman–Crippen MR) is 63.7 cm³/mol. The molecular formula is C11H11BrN2. The molecule has 0 amide bonds. The van der Waals surface area contributed by atoms with Crippen LogP contribution in [0.15, 0.2) is 28.9 Å². The van der Waals surface area contributed by atoms with Crippen LogP contribution in [0.25, 0.3) is 10.9 Å². The molecule has 0 bridgehead atoms. The Labute approximate surface area is 91.5 Å². The fraction of sp³-hybridized carbons (Fsp3) is 0.182. The lowest BCUT2D eigenvalue weighted by Crippen LogP contribution is -1.91. The number of rotatable bonds is 1. The molecule has 0 aliphatic rings. The van der Waals surface area contributed by atoms with Gasteiger partial charge in [-0.2, -0.15) is 0 Å². The lowest BCUT2D eigenvalue weighted by atomic mass is 10.1. The summed E-state index contributed by atoms with van der Waals surface area (Å²) in [5.74, 6) is 0. The Balaban J connectivity index is 2.86. The van der Waals surface area contributed by atoms with Gasteiger partial charge in [-0.25, -0.2) is 0 Å². The van der Waals surface area contributed by atoms with Crippen molar-refractivity contribution in [1.29, 1.82) is 0 Å². The molecule has 2 nitrogen and oxygen atoms in total. The first-order valence-corrected chi connectivity index (χ1v) is 5.24. The number of halogens is 1. The number of fused-ring (bicyclic) bond motifs is 1. The van der Waals surface area contributed by atoms with Crippen LogP contribution in [0.2, 0.25) is 0 Å². The lowest BCUT2D eigenvalue weighted by Gasteiger charge is -2.07. The highest BCUT2D eigenvalue weighted by molar-refractivity contribution is 9.10. The molecule has 0 unspecified atom stereocenters. The second-order valence-electron chi connectivity index (χ2n) is 3.25. The third-order valence-electron chi connectivity index (χ3n) is 2.21. The summed E-state index contributed by atoms with van der Waals surface area (Å²) in [4.78, 5) is 4.34. The van der Waals surface area contributed by atoms with Crippen LogP contribution in [0.3, 0.4) is 0 Å². The van der Waals surface area contributed by atoms with Crippen molar-refractivity contribution in [3.8, 4) is 0 Å². The summed E-state index contributed by atoms with van der Waals surface area (Å²) in [6.45, 7) is 2.08. The molecule has 0 atom stereocenters. The SMILES string of the molecule is CNc1ccnc2c(Br)cc(C)cc12. The summed E-state index contributed by atoms with van der Waals surface area (Å²) < 4.78 is 1.05. The molecular weight excluding hydrogens is 240 g/mol. The number of aromatic nitrogens is 1. The Hall–Kier alpha value is -1.09. The number of nitrogens with one attached hydrogen (secondary N) is 1. The van der Waals surface area contributed by atoms with Gasteiger partial charge < -0.3 is 5.32 Å². The minimum Gasteiger partial charge on any atom is -0.388 e. The van der Waals surface area contributed by atoms with Gasteiger partial charge in [-0.15, -0.1) is 0 Å². The van der Waals surface area contributed by atoms with Gasteiger partial charge in [0.2, 0.25) is 0 Å². The second kappa shape index (κ2) is 3.58. The highest BCUT2D eigenvalue weighted by Crippen LogP contribution is 2.28. The van der Waals surface area contributed by atoms with Crippen molar-refractivity contribution in [3.05, 3.63) is 34.4 Å². The molecule has 0 aliphatic carbocycles. The first-order chi connectivity index (χ1) is 6.72. The molecule has 2 rings (SSSR count). The number of pyridine rings is 1. The van der Waals surface area contributed by atoms with Gasteiger partial charge in [-0.1, -0.05) is 0 Å². The van der Waals surface area contributed by atoms with E-state index in [2.05, 4.69) is 45.3 Å². The van der Waals surface area contributed by atoms with Crippen molar-refractivity contribution in [2.45, 2.75) is 6.92 Å². The Morgan fingerprint density at radius 1 is 1.36 bits per heavy atom. The predicted octanol–water partition coefficient (Wildman–Crippen LogP) is 3.35. The molecule has 1 heterocycles. The van der Waals surface area contributed by atoms with Crippen LogP contribution >= 0.6 is 15.9 Å². The van der Waals surface area contributed by atoms with Gasteiger partial charge >= 0.3 is 0 Å². The Kier molecular flexibility index (Phi) is 2.42. The molecule has 3 heteroatoms. The van der Waals surface area contributed by atoms with E-state index in [1.54, 1.807) is 0 Å². The monoisotopic (exact) mass is 250 g/mol. The second-order valence-corrected chi connectivity index (χ2v) is 4.11. The van der Waals surface area contributed by atoms with Crippen molar-refractivity contribution in [2.24, 2.45) is 0 Å². The molecule has 1 aromatic carbocycles. The van der Waals surface area contributed by atoms with Crippen molar-refractivity contribution < 1.29 is 0 Å². The average molecular weight is 251 g/mol. The number of hydrogen-bond donors (Lipinski definition) is 1. The van der Waals surface area contributed by atoms with Gasteiger partial charge in [0.1, 0.15) is 0 Å². The fourth-order valence-electron chi connectivity index (χ4n) is 1.57. The lowest BCUT2D eigenvalue weighted by molar-refractivity contribution is 1.37. The third-order valence-corrected chi connectivity index (χ3v) is 2.82. The molecule has 0 fully saturated rings. The molecule has 1 N–H and O–H groups in total. The molecule has 72 valence electrons. The first-order valence-electron chi connectivity index (χ1n) is 4.45. The van der Waals surface area contributed by atoms with Gasteiger partial charge in [0.25, 0.3) is 0 Å². The van der Waals surface area contributed by atoms with E-state index in [9.17, 15) is 0 Å². The zero-order valence-electron chi connectivity index (χ0n) is 8.13. The molecule has 1 aromatic heterocycles. The van der Waals surface area contributed by atoms with E-state index in [1.807, 2.05) is 19.3 Å². The van der Waals surface area contributed by atoms with Gasteiger partial charge in [-0.3, -0.25) is 4.98 Å². The fourth-order valence-corrected chi connectivity index (χ4v) is 2.24. The minimum atomic E-state index is 1.00. The van der Waals surface area contributed by atoms with E-state index in [4.69, 9.17) is 0 Å². The smallest absolute Gasteiger partial charge is 0.0864 e. The number of hydrogen-bond acceptors (Lipinski definition) is 2. The molecule has 14 heavy (non-hydrogen) atoms. The topological polar surface area (TPSA) is 24.9 Å². The van der Waals surface area contributed by atoms with E-state index >= 15 is 0 Å². The largest absolute Gasteiger partial charge is 0.388 e. The van der Waals surface area contributed by atoms with E-state index < -0.39 is 0 Å². The van der Waals surface area contributed by atoms with Crippen LogP contribution in [-0.2, 0) is 0 Å². The molecule has 0 saturated carbocycles. The van der Waals surface area contributed by atoms with Crippen LogP contribution in [0.1, 0.15) is 5.56 Å². The highest BCUT2D eigenvalue weighted by Gasteiger charge is 2.04. The summed E-state index contributed by atoms with van der Waals surface area (Å²) in [5, 5.41) is 4.32. The summed E-state index contributed by atoms with van der Waals surface area (Å²) in [6, 6.07) is 6.20. The van der Waals surface area contributed by atoms with Gasteiger partial charge in [0, 0.05) is 28.8 Å². The maximum absolute atomic E-state index is 4.34. The maximum atomic E-state index is 4.34. The Bertz CT molecular complexity index is 480. The summed E-state index contributed by atoms with van der Waals surface area (Å²) >= 11 is 3.52. The number of aryl methyl sites for hydroxylation is 1. The molecule has 0 spiro atoms. The van der Waals surface area contributed by atoms with Crippen molar-refractivity contribution in [3.63, 3.8) is 0 Å². The molecule has 0 aliphatic heterocycles. The Morgan fingerprint density at radius 3 is 2.86 bits per heavy atom. The molecule has 2 aromatic rings. The zero-order chi connectivity index (χ0) is 10.1. The van der Waals surface area contributed by atoms with E-state index in [0.29, 0.717) is 0 Å². The molecule has 0 saturated heterocycles. The van der Waals surface area contributed by atoms with Gasteiger partial charge in [0.05, 0.1) is 5.52 Å². The van der Waals surface area contributed by atoms with E-state index in [-0.39, 0.29) is 0 Å².